The van der Waals surface area contributed by atoms with E-state index >= 15 is 0 Å². The second kappa shape index (κ2) is 6.98. The fourth-order valence-electron chi connectivity index (χ4n) is 1.49. The Labute approximate surface area is 117 Å². The highest BCUT2D eigenvalue weighted by Crippen LogP contribution is 1.96. The minimum Gasteiger partial charge on any atom is -0.393 e. The lowest BCUT2D eigenvalue weighted by molar-refractivity contribution is -0.130. The van der Waals surface area contributed by atoms with Crippen molar-refractivity contribution in [3.8, 4) is 0 Å². The topological polar surface area (TPSA) is 81.2 Å². The summed E-state index contributed by atoms with van der Waals surface area (Å²) in [4.78, 5) is 25.3. The lowest BCUT2D eigenvalue weighted by atomic mass is 10.3. The van der Waals surface area contributed by atoms with Gasteiger partial charge < -0.3 is 10.6 Å². The summed E-state index contributed by atoms with van der Waals surface area (Å²) in [7, 11) is 1.69. The number of aryl methyl sites for hydroxylation is 2. The lowest BCUT2D eigenvalue weighted by Crippen LogP contribution is -2.32. The number of carbonyl (C=O) groups is 1. The van der Waals surface area contributed by atoms with Gasteiger partial charge in [-0.1, -0.05) is 12.2 Å². The minimum atomic E-state index is -0.196. The summed E-state index contributed by atoms with van der Waals surface area (Å²) in [6.45, 7) is 2.56. The molecule has 0 aliphatic rings. The molecule has 7 heteroatoms. The number of hydrogen-bond acceptors (Lipinski definition) is 4. The van der Waals surface area contributed by atoms with E-state index in [9.17, 15) is 9.59 Å². The molecule has 6 nitrogen and oxygen atoms in total. The molecule has 1 aromatic heterocycles. The highest BCUT2D eigenvalue weighted by Gasteiger charge is 2.09. The maximum Gasteiger partial charge on any atom is 0.266 e. The summed E-state index contributed by atoms with van der Waals surface area (Å²) in [6, 6.07) is 1.49. The number of thiocarbonyl (C=S) groups is 1. The van der Waals surface area contributed by atoms with Crippen LogP contribution in [0.15, 0.2) is 17.1 Å². The van der Waals surface area contributed by atoms with Gasteiger partial charge in [0, 0.05) is 32.5 Å². The number of rotatable bonds is 6. The summed E-state index contributed by atoms with van der Waals surface area (Å²) in [6.07, 6.45) is 2.33. The van der Waals surface area contributed by atoms with Crippen LogP contribution in [-0.4, -0.2) is 39.2 Å². The summed E-state index contributed by atoms with van der Waals surface area (Å²) >= 11 is 4.76. The van der Waals surface area contributed by atoms with Gasteiger partial charge in [-0.25, -0.2) is 4.68 Å². The Morgan fingerprint density at radius 3 is 2.79 bits per heavy atom. The van der Waals surface area contributed by atoms with Crippen LogP contribution in [0.4, 0.5) is 0 Å². The van der Waals surface area contributed by atoms with Gasteiger partial charge in [0.1, 0.15) is 0 Å². The fourth-order valence-corrected chi connectivity index (χ4v) is 1.58. The summed E-state index contributed by atoms with van der Waals surface area (Å²) in [5, 5.41) is 3.98. The number of carbonyl (C=O) groups excluding carboxylic acids is 1. The molecular weight excluding hydrogens is 264 g/mol. The highest BCUT2D eigenvalue weighted by molar-refractivity contribution is 7.80. The Morgan fingerprint density at radius 1 is 1.53 bits per heavy atom. The molecule has 0 fully saturated rings. The molecule has 0 aliphatic carbocycles. The van der Waals surface area contributed by atoms with Crippen LogP contribution in [0.5, 0.6) is 0 Å². The Hall–Kier alpha value is -1.76. The van der Waals surface area contributed by atoms with Crippen LogP contribution in [0.1, 0.15) is 18.4 Å². The zero-order valence-electron chi connectivity index (χ0n) is 11.1. The van der Waals surface area contributed by atoms with Gasteiger partial charge in [-0.15, -0.1) is 0 Å². The van der Waals surface area contributed by atoms with Crippen LogP contribution in [0, 0.1) is 6.92 Å². The van der Waals surface area contributed by atoms with Crippen LogP contribution < -0.4 is 11.3 Å². The molecule has 0 saturated heterocycles. The number of nitrogens with zero attached hydrogens (tertiary/aromatic N) is 3. The van der Waals surface area contributed by atoms with Gasteiger partial charge in [-0.2, -0.15) is 5.10 Å². The first-order chi connectivity index (χ1) is 8.90. The zero-order chi connectivity index (χ0) is 14.4. The third kappa shape index (κ3) is 5.17. The molecule has 0 aromatic carbocycles. The van der Waals surface area contributed by atoms with E-state index in [1.54, 1.807) is 25.1 Å². The van der Waals surface area contributed by atoms with E-state index in [1.807, 2.05) is 0 Å². The van der Waals surface area contributed by atoms with Crippen molar-refractivity contribution in [3.05, 3.63) is 28.2 Å². The van der Waals surface area contributed by atoms with Crippen LogP contribution in [0.3, 0.4) is 0 Å². The quantitative estimate of drug-likeness (QED) is 0.747. The molecule has 0 atom stereocenters. The molecule has 1 heterocycles. The van der Waals surface area contributed by atoms with Gasteiger partial charge >= 0.3 is 0 Å². The van der Waals surface area contributed by atoms with Crippen LogP contribution >= 0.6 is 12.2 Å². The maximum absolute atomic E-state index is 11.8. The first-order valence-corrected chi connectivity index (χ1v) is 6.37. The number of hydrogen-bond donors (Lipinski definition) is 1. The smallest absolute Gasteiger partial charge is 0.266 e. The molecule has 19 heavy (non-hydrogen) atoms. The molecule has 1 amide bonds. The molecule has 104 valence electrons. The van der Waals surface area contributed by atoms with Crippen molar-refractivity contribution in [2.45, 2.75) is 26.3 Å². The van der Waals surface area contributed by atoms with Crippen LogP contribution in [-0.2, 0) is 11.3 Å². The van der Waals surface area contributed by atoms with Gasteiger partial charge in [0.05, 0.1) is 17.7 Å². The van der Waals surface area contributed by atoms with Crippen molar-refractivity contribution in [3.63, 3.8) is 0 Å². The van der Waals surface area contributed by atoms with E-state index in [0.717, 1.165) is 5.56 Å². The first-order valence-electron chi connectivity index (χ1n) is 5.96. The first kappa shape index (κ1) is 15.3. The maximum atomic E-state index is 11.8. The molecule has 0 aliphatic heterocycles. The average Bonchev–Trinajstić information content (AvgIpc) is 2.34. The van der Waals surface area contributed by atoms with Crippen molar-refractivity contribution in [1.29, 1.82) is 0 Å². The van der Waals surface area contributed by atoms with Crippen molar-refractivity contribution in [2.75, 3.05) is 13.6 Å². The van der Waals surface area contributed by atoms with Crippen molar-refractivity contribution in [2.24, 2.45) is 5.73 Å². The molecule has 0 radical (unpaired) electrons. The molecule has 1 rings (SSSR count). The molecule has 0 saturated carbocycles. The van der Waals surface area contributed by atoms with E-state index in [4.69, 9.17) is 18.0 Å². The van der Waals surface area contributed by atoms with Crippen molar-refractivity contribution in [1.82, 2.24) is 14.7 Å². The molecule has 0 unspecified atom stereocenters. The van der Waals surface area contributed by atoms with Gasteiger partial charge in [0.2, 0.25) is 5.91 Å². The Balaban J connectivity index is 2.49. The molecule has 0 spiro atoms. The third-order valence-corrected chi connectivity index (χ3v) is 2.87. The van der Waals surface area contributed by atoms with E-state index < -0.39 is 0 Å². The summed E-state index contributed by atoms with van der Waals surface area (Å²) in [5.41, 5.74) is 5.99. The van der Waals surface area contributed by atoms with Crippen LogP contribution in [0.2, 0.25) is 0 Å². The van der Waals surface area contributed by atoms with Gasteiger partial charge in [0.25, 0.3) is 5.56 Å². The van der Waals surface area contributed by atoms with E-state index in [0.29, 0.717) is 18.0 Å². The molecule has 2 N–H and O–H groups in total. The fraction of sp³-hybridized carbons (Fsp3) is 0.500. The minimum absolute atomic E-state index is 0.0643. The SMILES string of the molecule is Cc1cnn(CCC(=O)N(C)CCC(N)=S)c(=O)c1. The second-order valence-electron chi connectivity index (χ2n) is 4.38. The zero-order valence-corrected chi connectivity index (χ0v) is 11.9. The molecule has 1 aromatic rings. The standard InChI is InChI=1S/C12H18N4O2S/c1-9-7-12(18)16(14-8-9)6-4-11(17)15(2)5-3-10(13)19/h7-8H,3-6H2,1-2H3,(H2,13,19). The van der Waals surface area contributed by atoms with Gasteiger partial charge in [-0.05, 0) is 12.5 Å². The number of aromatic nitrogens is 2. The number of amides is 1. The predicted octanol–water partition coefficient (Wildman–Crippen LogP) is 0.0764. The highest BCUT2D eigenvalue weighted by atomic mass is 32.1. The van der Waals surface area contributed by atoms with Crippen molar-refractivity contribution >= 4 is 23.1 Å². The van der Waals surface area contributed by atoms with E-state index in [2.05, 4.69) is 5.10 Å². The van der Waals surface area contributed by atoms with Gasteiger partial charge in [0.15, 0.2) is 0 Å². The predicted molar refractivity (Wildman–Crippen MR) is 76.9 cm³/mol. The van der Waals surface area contributed by atoms with E-state index in [1.165, 1.54) is 10.7 Å². The molecule has 0 bridgehead atoms. The Morgan fingerprint density at radius 2 is 2.21 bits per heavy atom. The normalized spacial score (nSPS) is 10.2. The van der Waals surface area contributed by atoms with Crippen molar-refractivity contribution < 1.29 is 4.79 Å². The average molecular weight is 282 g/mol. The number of nitrogens with two attached hydrogens (primary N) is 1. The summed E-state index contributed by atoms with van der Waals surface area (Å²) < 4.78 is 1.28. The monoisotopic (exact) mass is 282 g/mol. The largest absolute Gasteiger partial charge is 0.393 e. The Kier molecular flexibility index (Phi) is 5.62. The lowest BCUT2D eigenvalue weighted by Gasteiger charge is -2.16. The van der Waals surface area contributed by atoms with Crippen LogP contribution in [0.25, 0.3) is 0 Å². The van der Waals surface area contributed by atoms with E-state index in [-0.39, 0.29) is 24.4 Å². The Bertz CT molecular complexity index is 527. The third-order valence-electron chi connectivity index (χ3n) is 2.66. The summed E-state index contributed by atoms with van der Waals surface area (Å²) in [5.74, 6) is -0.0643. The second-order valence-corrected chi connectivity index (χ2v) is 4.90. The van der Waals surface area contributed by atoms with Gasteiger partial charge in [-0.3, -0.25) is 9.59 Å². The molecular formula is C12H18N4O2S.